The van der Waals surface area contributed by atoms with E-state index in [0.717, 1.165) is 0 Å². The number of hydrogen-bond acceptors (Lipinski definition) is 5. The maximum atomic E-state index is 11.7. The molecule has 0 radical (unpaired) electrons. The molecule has 0 atom stereocenters. The summed E-state index contributed by atoms with van der Waals surface area (Å²) in [6.45, 7) is 1.78. The zero-order valence-corrected chi connectivity index (χ0v) is 11.7. The van der Waals surface area contributed by atoms with Crippen LogP contribution < -0.4 is 10.5 Å². The number of nitrogen functional groups attached to an aromatic ring is 1. The van der Waals surface area contributed by atoms with Gasteiger partial charge in [0.1, 0.15) is 11.5 Å². The molecular weight excluding hydrogens is 268 g/mol. The number of rotatable bonds is 3. The van der Waals surface area contributed by atoms with Gasteiger partial charge in [-0.25, -0.2) is 4.79 Å². The van der Waals surface area contributed by atoms with Gasteiger partial charge in [0.25, 0.3) is 0 Å². The standard InChI is InChI=1S/C16H14N2O3/c1-10-6-13(8-14(15(10)18)16(19)20-2)21-12-5-3-4-11(7-12)9-17/h3-8H,18H2,1-2H3. The van der Waals surface area contributed by atoms with Crippen molar-refractivity contribution in [2.75, 3.05) is 12.8 Å². The van der Waals surface area contributed by atoms with E-state index in [0.29, 0.717) is 28.3 Å². The molecule has 0 amide bonds. The van der Waals surface area contributed by atoms with E-state index in [9.17, 15) is 4.79 Å². The van der Waals surface area contributed by atoms with Crippen LogP contribution in [0.2, 0.25) is 0 Å². The average molecular weight is 282 g/mol. The Morgan fingerprint density at radius 1 is 1.24 bits per heavy atom. The van der Waals surface area contributed by atoms with E-state index in [1.807, 2.05) is 6.07 Å². The van der Waals surface area contributed by atoms with Crippen molar-refractivity contribution >= 4 is 11.7 Å². The van der Waals surface area contributed by atoms with Crippen LogP contribution in [0.25, 0.3) is 0 Å². The summed E-state index contributed by atoms with van der Waals surface area (Å²) in [5.74, 6) is 0.443. The van der Waals surface area contributed by atoms with E-state index in [4.69, 9.17) is 20.5 Å². The molecule has 0 saturated carbocycles. The number of ether oxygens (including phenoxy) is 2. The van der Waals surface area contributed by atoms with Crippen LogP contribution in [-0.4, -0.2) is 13.1 Å². The highest BCUT2D eigenvalue weighted by Crippen LogP contribution is 2.29. The molecular formula is C16H14N2O3. The molecule has 0 aromatic heterocycles. The predicted octanol–water partition coefficient (Wildman–Crippen LogP) is 3.03. The minimum atomic E-state index is -0.521. The molecule has 0 saturated heterocycles. The fourth-order valence-electron chi connectivity index (χ4n) is 1.87. The third-order valence-corrected chi connectivity index (χ3v) is 2.96. The molecule has 0 unspecified atom stereocenters. The molecule has 5 nitrogen and oxygen atoms in total. The van der Waals surface area contributed by atoms with Crippen molar-refractivity contribution < 1.29 is 14.3 Å². The maximum absolute atomic E-state index is 11.7. The Morgan fingerprint density at radius 3 is 2.67 bits per heavy atom. The highest BCUT2D eigenvalue weighted by Gasteiger charge is 2.14. The van der Waals surface area contributed by atoms with Gasteiger partial charge in [-0.05, 0) is 42.8 Å². The Kier molecular flexibility index (Phi) is 4.10. The quantitative estimate of drug-likeness (QED) is 0.690. The number of carbonyl (C=O) groups is 1. The van der Waals surface area contributed by atoms with Crippen LogP contribution in [-0.2, 0) is 4.74 Å². The van der Waals surface area contributed by atoms with Gasteiger partial charge < -0.3 is 15.2 Å². The van der Waals surface area contributed by atoms with Crippen LogP contribution in [0.4, 0.5) is 5.69 Å². The van der Waals surface area contributed by atoms with Gasteiger partial charge in [0.05, 0.1) is 24.3 Å². The molecule has 0 spiro atoms. The lowest BCUT2D eigenvalue weighted by molar-refractivity contribution is 0.0601. The summed E-state index contributed by atoms with van der Waals surface area (Å²) in [6, 6.07) is 12.0. The fraction of sp³-hybridized carbons (Fsp3) is 0.125. The zero-order valence-electron chi connectivity index (χ0n) is 11.7. The van der Waals surface area contributed by atoms with E-state index < -0.39 is 5.97 Å². The van der Waals surface area contributed by atoms with Gasteiger partial charge in [-0.2, -0.15) is 5.26 Å². The summed E-state index contributed by atoms with van der Waals surface area (Å²) in [5.41, 5.74) is 7.69. The summed E-state index contributed by atoms with van der Waals surface area (Å²) < 4.78 is 10.4. The first-order valence-corrected chi connectivity index (χ1v) is 6.21. The largest absolute Gasteiger partial charge is 0.465 e. The monoisotopic (exact) mass is 282 g/mol. The normalized spacial score (nSPS) is 9.76. The summed E-state index contributed by atoms with van der Waals surface area (Å²) in [7, 11) is 1.29. The van der Waals surface area contributed by atoms with Gasteiger partial charge in [0, 0.05) is 5.69 Å². The van der Waals surface area contributed by atoms with Gasteiger partial charge >= 0.3 is 5.97 Å². The Hall–Kier alpha value is -3.00. The Bertz CT molecular complexity index is 733. The molecule has 21 heavy (non-hydrogen) atoms. The number of nitrogens with zero attached hydrogens (tertiary/aromatic N) is 1. The molecule has 0 aliphatic heterocycles. The highest BCUT2D eigenvalue weighted by molar-refractivity contribution is 5.96. The van der Waals surface area contributed by atoms with Crippen molar-refractivity contribution in [2.45, 2.75) is 6.92 Å². The second-order valence-electron chi connectivity index (χ2n) is 4.43. The van der Waals surface area contributed by atoms with Crippen molar-refractivity contribution in [2.24, 2.45) is 0 Å². The van der Waals surface area contributed by atoms with Crippen LogP contribution in [0.5, 0.6) is 11.5 Å². The Morgan fingerprint density at radius 2 is 2.00 bits per heavy atom. The number of benzene rings is 2. The van der Waals surface area contributed by atoms with Crippen molar-refractivity contribution in [1.82, 2.24) is 0 Å². The summed E-state index contributed by atoms with van der Waals surface area (Å²) >= 11 is 0. The highest BCUT2D eigenvalue weighted by atomic mass is 16.5. The SMILES string of the molecule is COC(=O)c1cc(Oc2cccc(C#N)c2)cc(C)c1N. The van der Waals surface area contributed by atoms with Crippen LogP contribution in [0, 0.1) is 18.3 Å². The first kappa shape index (κ1) is 14.4. The molecule has 2 rings (SSSR count). The third-order valence-electron chi connectivity index (χ3n) is 2.96. The smallest absolute Gasteiger partial charge is 0.340 e. The fourth-order valence-corrected chi connectivity index (χ4v) is 1.87. The van der Waals surface area contributed by atoms with Crippen molar-refractivity contribution in [3.8, 4) is 17.6 Å². The predicted molar refractivity (Wildman–Crippen MR) is 78.2 cm³/mol. The number of hydrogen-bond donors (Lipinski definition) is 1. The lowest BCUT2D eigenvalue weighted by Crippen LogP contribution is -2.07. The third kappa shape index (κ3) is 3.12. The van der Waals surface area contributed by atoms with Gasteiger partial charge in [-0.3, -0.25) is 0 Å². The second kappa shape index (κ2) is 5.97. The minimum absolute atomic E-state index is 0.254. The summed E-state index contributed by atoms with van der Waals surface area (Å²) in [6.07, 6.45) is 0. The lowest BCUT2D eigenvalue weighted by atomic mass is 10.1. The zero-order chi connectivity index (χ0) is 15.4. The number of esters is 1. The number of anilines is 1. The summed E-state index contributed by atoms with van der Waals surface area (Å²) in [5, 5.41) is 8.87. The Labute approximate surface area is 122 Å². The first-order valence-electron chi connectivity index (χ1n) is 6.21. The van der Waals surface area contributed by atoms with Gasteiger partial charge in [0.2, 0.25) is 0 Å². The molecule has 106 valence electrons. The molecule has 0 fully saturated rings. The number of methoxy groups -OCH3 is 1. The van der Waals surface area contributed by atoms with E-state index in [1.54, 1.807) is 37.3 Å². The molecule has 0 aliphatic carbocycles. The van der Waals surface area contributed by atoms with E-state index >= 15 is 0 Å². The van der Waals surface area contributed by atoms with Gasteiger partial charge in [-0.1, -0.05) is 6.07 Å². The van der Waals surface area contributed by atoms with Crippen molar-refractivity contribution in [3.05, 3.63) is 53.1 Å². The Balaban J connectivity index is 2.38. The maximum Gasteiger partial charge on any atom is 0.340 e. The van der Waals surface area contributed by atoms with Gasteiger partial charge in [-0.15, -0.1) is 0 Å². The van der Waals surface area contributed by atoms with Crippen LogP contribution in [0.1, 0.15) is 21.5 Å². The molecule has 2 aromatic carbocycles. The second-order valence-corrected chi connectivity index (χ2v) is 4.43. The average Bonchev–Trinajstić information content (AvgIpc) is 2.50. The van der Waals surface area contributed by atoms with E-state index in [2.05, 4.69) is 0 Å². The first-order chi connectivity index (χ1) is 10.0. The molecule has 0 aliphatic rings. The van der Waals surface area contributed by atoms with Crippen molar-refractivity contribution in [1.29, 1.82) is 5.26 Å². The number of nitriles is 1. The lowest BCUT2D eigenvalue weighted by Gasteiger charge is -2.11. The van der Waals surface area contributed by atoms with Crippen molar-refractivity contribution in [3.63, 3.8) is 0 Å². The molecule has 5 heteroatoms. The number of aryl methyl sites for hydroxylation is 1. The molecule has 0 bridgehead atoms. The van der Waals surface area contributed by atoms with Gasteiger partial charge in [0.15, 0.2) is 0 Å². The molecule has 2 aromatic rings. The summed E-state index contributed by atoms with van der Waals surface area (Å²) in [4.78, 5) is 11.7. The van der Waals surface area contributed by atoms with Crippen LogP contribution >= 0.6 is 0 Å². The number of nitrogens with two attached hydrogens (primary N) is 1. The van der Waals surface area contributed by atoms with E-state index in [-0.39, 0.29) is 5.56 Å². The minimum Gasteiger partial charge on any atom is -0.465 e. The molecule has 0 heterocycles. The van der Waals surface area contributed by atoms with Crippen LogP contribution in [0.15, 0.2) is 36.4 Å². The van der Waals surface area contributed by atoms with Crippen LogP contribution in [0.3, 0.4) is 0 Å². The molecule has 2 N–H and O–H groups in total. The van der Waals surface area contributed by atoms with E-state index in [1.165, 1.54) is 13.2 Å². The topological polar surface area (TPSA) is 85.3 Å². The number of carbonyl (C=O) groups excluding carboxylic acids is 1.